The molecule has 1 aromatic carbocycles. The summed E-state index contributed by atoms with van der Waals surface area (Å²) >= 11 is 0. The summed E-state index contributed by atoms with van der Waals surface area (Å²) in [5, 5.41) is 10.4. The highest BCUT2D eigenvalue weighted by Crippen LogP contribution is 2.42. The summed E-state index contributed by atoms with van der Waals surface area (Å²) in [5.74, 6) is 0.0801. The molecule has 4 N–H and O–H groups in total. The average Bonchev–Trinajstić information content (AvgIpc) is 3.42. The smallest absolute Gasteiger partial charge is 0.273 e. The lowest BCUT2D eigenvalue weighted by Gasteiger charge is -2.40. The number of benzene rings is 1. The molecular weight excluding hydrogens is 504 g/mol. The molecule has 0 saturated carbocycles. The molecule has 0 spiro atoms. The second-order valence-electron chi connectivity index (χ2n) is 12.0. The van der Waals surface area contributed by atoms with Gasteiger partial charge in [-0.3, -0.25) is 14.7 Å². The topological polar surface area (TPSA) is 133 Å². The van der Waals surface area contributed by atoms with Crippen LogP contribution in [0.1, 0.15) is 73.1 Å². The molecule has 10 heteroatoms. The van der Waals surface area contributed by atoms with Crippen molar-refractivity contribution in [2.24, 2.45) is 0 Å². The molecule has 6 rings (SSSR count). The number of H-pyrrole nitrogens is 1. The predicted octanol–water partition coefficient (Wildman–Crippen LogP) is 3.55. The highest BCUT2D eigenvalue weighted by atomic mass is 16.2. The van der Waals surface area contributed by atoms with Gasteiger partial charge in [-0.15, -0.1) is 0 Å². The first-order valence-corrected chi connectivity index (χ1v) is 14.4. The number of nitrogens with one attached hydrogen (secondary N) is 2. The lowest BCUT2D eigenvalue weighted by molar-refractivity contribution is -0.132. The summed E-state index contributed by atoms with van der Waals surface area (Å²) in [6, 6.07) is 8.15. The number of fused-ring (bicyclic) bond motifs is 3. The highest BCUT2D eigenvalue weighted by Gasteiger charge is 2.38. The largest absolute Gasteiger partial charge is 0.368 e. The zero-order valence-electron chi connectivity index (χ0n) is 23.4. The molecule has 0 radical (unpaired) electrons. The summed E-state index contributed by atoms with van der Waals surface area (Å²) in [7, 11) is 0. The molecule has 2 fully saturated rings. The Labute approximate surface area is 234 Å². The van der Waals surface area contributed by atoms with Gasteiger partial charge in [0.15, 0.2) is 0 Å². The van der Waals surface area contributed by atoms with E-state index < -0.39 is 0 Å². The van der Waals surface area contributed by atoms with Gasteiger partial charge < -0.3 is 20.9 Å². The predicted molar refractivity (Wildman–Crippen MR) is 154 cm³/mol. The number of nitrogens with zero attached hydrogens (tertiary/aromatic N) is 5. The number of hydrogen-bond acceptors (Lipinski definition) is 7. The number of rotatable bonds is 5. The Bertz CT molecular complexity index is 1400. The molecule has 40 heavy (non-hydrogen) atoms. The number of hydrogen-bond donors (Lipinski definition) is 3. The molecule has 2 amide bonds. The van der Waals surface area contributed by atoms with Crippen LogP contribution < -0.4 is 11.1 Å². The molecule has 10 nitrogen and oxygen atoms in total. The number of carbonyl (C=O) groups excluding carboxylic acids is 2. The Morgan fingerprint density at radius 3 is 2.50 bits per heavy atom. The van der Waals surface area contributed by atoms with Crippen molar-refractivity contribution in [3.8, 4) is 11.4 Å². The number of aromatic amines is 1. The molecule has 1 aliphatic carbocycles. The van der Waals surface area contributed by atoms with E-state index in [-0.39, 0.29) is 23.2 Å². The van der Waals surface area contributed by atoms with Crippen molar-refractivity contribution < 1.29 is 9.59 Å². The summed E-state index contributed by atoms with van der Waals surface area (Å²) < 4.78 is 0. The fraction of sp³-hybridized carbons (Fsp3) is 0.500. The first-order valence-electron chi connectivity index (χ1n) is 14.4. The van der Waals surface area contributed by atoms with Gasteiger partial charge in [0.2, 0.25) is 11.9 Å². The molecule has 0 atom stereocenters. The van der Waals surface area contributed by atoms with Crippen molar-refractivity contribution in [3.63, 3.8) is 0 Å². The number of amides is 2. The maximum absolute atomic E-state index is 13.3. The Morgan fingerprint density at radius 2 is 1.77 bits per heavy atom. The minimum Gasteiger partial charge on any atom is -0.368 e. The molecule has 0 unspecified atom stereocenters. The average molecular weight is 543 g/mol. The van der Waals surface area contributed by atoms with Crippen LogP contribution in [-0.4, -0.2) is 74.0 Å². The first-order chi connectivity index (χ1) is 19.3. The van der Waals surface area contributed by atoms with E-state index in [2.05, 4.69) is 44.2 Å². The summed E-state index contributed by atoms with van der Waals surface area (Å²) in [4.78, 5) is 39.5. The highest BCUT2D eigenvalue weighted by molar-refractivity contribution is 6.05. The molecule has 2 aliphatic heterocycles. The Balaban J connectivity index is 1.08. The molecule has 3 aromatic rings. The maximum Gasteiger partial charge on any atom is 0.273 e. The van der Waals surface area contributed by atoms with E-state index in [0.29, 0.717) is 41.7 Å². The van der Waals surface area contributed by atoms with Crippen LogP contribution in [0.4, 0.5) is 11.6 Å². The fourth-order valence-corrected chi connectivity index (χ4v) is 6.61. The van der Waals surface area contributed by atoms with Gasteiger partial charge in [-0.2, -0.15) is 5.10 Å². The van der Waals surface area contributed by atoms with E-state index in [1.54, 1.807) is 6.20 Å². The molecule has 0 bridgehead atoms. The van der Waals surface area contributed by atoms with Gasteiger partial charge in [-0.05, 0) is 73.9 Å². The molecule has 2 saturated heterocycles. The van der Waals surface area contributed by atoms with Crippen molar-refractivity contribution >= 4 is 23.5 Å². The van der Waals surface area contributed by atoms with E-state index in [4.69, 9.17) is 5.73 Å². The summed E-state index contributed by atoms with van der Waals surface area (Å²) in [6.45, 7) is 8.25. The van der Waals surface area contributed by atoms with Crippen molar-refractivity contribution in [2.45, 2.75) is 70.3 Å². The van der Waals surface area contributed by atoms with Crippen LogP contribution in [0.15, 0.2) is 30.5 Å². The lowest BCUT2D eigenvalue weighted by Crippen LogP contribution is -2.48. The van der Waals surface area contributed by atoms with Crippen LogP contribution in [-0.2, 0) is 23.1 Å². The van der Waals surface area contributed by atoms with Gasteiger partial charge in [0, 0.05) is 36.6 Å². The number of carbonyl (C=O) groups is 2. The van der Waals surface area contributed by atoms with Crippen LogP contribution in [0.2, 0.25) is 0 Å². The summed E-state index contributed by atoms with van der Waals surface area (Å²) in [5.41, 5.74) is 10.6. The Kier molecular flexibility index (Phi) is 7.04. The number of nitrogen functional groups attached to an aromatic ring is 1. The Morgan fingerprint density at radius 1 is 1.05 bits per heavy atom. The minimum atomic E-state index is -0.339. The number of aromatic nitrogens is 4. The number of nitrogens with two attached hydrogens (primary N) is 1. The van der Waals surface area contributed by atoms with E-state index in [9.17, 15) is 9.59 Å². The second kappa shape index (κ2) is 10.6. The SMILES string of the molecule is CC1(C)Cc2cnc(N)nc2-c2n[nH]c(C(=O)Nc3ccc(CC(=O)N4CCC(N5CCCCC5)CC4)cc3)c21. The van der Waals surface area contributed by atoms with Gasteiger partial charge in [-0.25, -0.2) is 9.97 Å². The quantitative estimate of drug-likeness (QED) is 0.449. The number of piperidine rings is 2. The zero-order valence-corrected chi connectivity index (χ0v) is 23.4. The molecule has 3 aliphatic rings. The maximum atomic E-state index is 13.3. The monoisotopic (exact) mass is 542 g/mol. The van der Waals surface area contributed by atoms with Gasteiger partial charge in [0.25, 0.3) is 5.91 Å². The van der Waals surface area contributed by atoms with Gasteiger partial charge in [0.05, 0.1) is 12.1 Å². The number of anilines is 2. The van der Waals surface area contributed by atoms with Gasteiger partial charge in [-0.1, -0.05) is 32.4 Å². The second-order valence-corrected chi connectivity index (χ2v) is 12.0. The summed E-state index contributed by atoms with van der Waals surface area (Å²) in [6.07, 6.45) is 8.87. The lowest BCUT2D eigenvalue weighted by atomic mass is 9.73. The fourth-order valence-electron chi connectivity index (χ4n) is 6.61. The minimum absolute atomic E-state index is 0.171. The van der Waals surface area contributed by atoms with E-state index in [1.165, 1.54) is 32.4 Å². The van der Waals surface area contributed by atoms with Crippen LogP contribution in [0.5, 0.6) is 0 Å². The standard InChI is InChI=1S/C30H38N8O2/c1-30(2)17-20-18-32-29(31)34-25(20)26-24(30)27(36-35-26)28(40)33-21-8-6-19(7-9-21)16-23(39)38-14-10-22(11-15-38)37-12-4-3-5-13-37/h6-9,18,22H,3-5,10-17H2,1-2H3,(H,33,40)(H,35,36)(H2,31,32,34). The number of likely N-dealkylation sites (tertiary alicyclic amines) is 2. The molecular formula is C30H38N8O2. The molecule has 4 heterocycles. The third-order valence-corrected chi connectivity index (χ3v) is 8.70. The first kappa shape index (κ1) is 26.4. The molecule has 210 valence electrons. The van der Waals surface area contributed by atoms with E-state index >= 15 is 0 Å². The third-order valence-electron chi connectivity index (χ3n) is 8.70. The van der Waals surface area contributed by atoms with Crippen LogP contribution in [0, 0.1) is 0 Å². The van der Waals surface area contributed by atoms with Crippen LogP contribution in [0.3, 0.4) is 0 Å². The van der Waals surface area contributed by atoms with Gasteiger partial charge >= 0.3 is 0 Å². The van der Waals surface area contributed by atoms with Gasteiger partial charge in [0.1, 0.15) is 11.4 Å². The van der Waals surface area contributed by atoms with Crippen LogP contribution in [0.25, 0.3) is 11.4 Å². The Hall–Kier alpha value is -3.79. The third kappa shape index (κ3) is 5.20. The van der Waals surface area contributed by atoms with Crippen LogP contribution >= 0.6 is 0 Å². The van der Waals surface area contributed by atoms with Crippen molar-refractivity contribution in [2.75, 3.05) is 37.2 Å². The zero-order chi connectivity index (χ0) is 27.9. The molecule has 2 aromatic heterocycles. The van der Waals surface area contributed by atoms with E-state index in [1.807, 2.05) is 29.2 Å². The van der Waals surface area contributed by atoms with Crippen molar-refractivity contribution in [1.29, 1.82) is 0 Å². The van der Waals surface area contributed by atoms with Crippen molar-refractivity contribution in [1.82, 2.24) is 30.0 Å². The normalized spacial score (nSPS) is 19.1. The van der Waals surface area contributed by atoms with Crippen molar-refractivity contribution in [3.05, 3.63) is 52.8 Å². The van der Waals surface area contributed by atoms with E-state index in [0.717, 1.165) is 42.6 Å².